The molecule has 1 saturated carbocycles. The first-order valence-corrected chi connectivity index (χ1v) is 6.92. The van der Waals surface area contributed by atoms with Crippen LogP contribution in [0.1, 0.15) is 25.7 Å². The van der Waals surface area contributed by atoms with Crippen molar-refractivity contribution in [3.63, 3.8) is 0 Å². The smallest absolute Gasteiger partial charge is 0.221 e. The van der Waals surface area contributed by atoms with Crippen molar-refractivity contribution in [3.8, 4) is 0 Å². The lowest BCUT2D eigenvalue weighted by molar-refractivity contribution is -0.121. The molecule has 0 aromatic heterocycles. The van der Waals surface area contributed by atoms with Gasteiger partial charge in [0.15, 0.2) is 0 Å². The molecule has 3 heteroatoms. The molecule has 1 heterocycles. The number of nitrogens with two attached hydrogens (primary N) is 1. The van der Waals surface area contributed by atoms with E-state index < -0.39 is 0 Å². The Bertz CT molecular complexity index is 339. The standard InChI is InChI=1S/C14H22N2O/c15-14(17)12-5-6-16(8-12)9-13-7-10-1-3-11(13)4-2-10/h1,3,10-13H,2,4-9H2,(H2,15,17)/t10-,11+,12?,13+/m1/s1. The van der Waals surface area contributed by atoms with Crippen molar-refractivity contribution in [3.05, 3.63) is 12.2 Å². The maximum Gasteiger partial charge on any atom is 0.221 e. The van der Waals surface area contributed by atoms with Gasteiger partial charge < -0.3 is 10.6 Å². The molecule has 1 saturated heterocycles. The zero-order chi connectivity index (χ0) is 11.8. The van der Waals surface area contributed by atoms with Gasteiger partial charge in [0.2, 0.25) is 5.91 Å². The van der Waals surface area contributed by atoms with Gasteiger partial charge in [-0.3, -0.25) is 4.79 Å². The third-order valence-corrected chi connectivity index (χ3v) is 4.88. The van der Waals surface area contributed by atoms with E-state index in [1.165, 1.54) is 25.8 Å². The van der Waals surface area contributed by atoms with Crippen LogP contribution >= 0.6 is 0 Å². The third-order valence-electron chi connectivity index (χ3n) is 4.88. The summed E-state index contributed by atoms with van der Waals surface area (Å²) in [5.74, 6) is 2.45. The molecule has 3 aliphatic carbocycles. The van der Waals surface area contributed by atoms with Gasteiger partial charge in [0, 0.05) is 13.1 Å². The first-order chi connectivity index (χ1) is 8.22. The predicted octanol–water partition coefficient (Wildman–Crippen LogP) is 1.40. The number of amides is 1. The number of likely N-dealkylation sites (tertiary alicyclic amines) is 1. The minimum Gasteiger partial charge on any atom is -0.369 e. The molecule has 4 atom stereocenters. The van der Waals surface area contributed by atoms with Crippen molar-refractivity contribution in [2.24, 2.45) is 29.4 Å². The van der Waals surface area contributed by atoms with Gasteiger partial charge in [0.25, 0.3) is 0 Å². The molecular weight excluding hydrogens is 212 g/mol. The largest absolute Gasteiger partial charge is 0.369 e. The fraction of sp³-hybridized carbons (Fsp3) is 0.786. The molecule has 94 valence electrons. The summed E-state index contributed by atoms with van der Waals surface area (Å²) in [6.45, 7) is 3.13. The lowest BCUT2D eigenvalue weighted by Gasteiger charge is -2.39. The monoisotopic (exact) mass is 234 g/mol. The summed E-state index contributed by atoms with van der Waals surface area (Å²) in [5.41, 5.74) is 5.38. The molecule has 0 spiro atoms. The predicted molar refractivity (Wildman–Crippen MR) is 67.2 cm³/mol. The van der Waals surface area contributed by atoms with Crippen molar-refractivity contribution in [2.75, 3.05) is 19.6 Å². The Kier molecular flexibility index (Phi) is 2.95. The fourth-order valence-electron chi connectivity index (χ4n) is 3.82. The molecule has 2 bridgehead atoms. The topological polar surface area (TPSA) is 46.3 Å². The average molecular weight is 234 g/mol. The lowest BCUT2D eigenvalue weighted by atomic mass is 9.69. The molecule has 0 aromatic rings. The molecule has 1 amide bonds. The number of fused-ring (bicyclic) bond motifs is 2. The minimum absolute atomic E-state index is 0.103. The van der Waals surface area contributed by atoms with E-state index in [-0.39, 0.29) is 11.8 Å². The Balaban J connectivity index is 1.55. The zero-order valence-electron chi connectivity index (χ0n) is 10.3. The number of hydrogen-bond acceptors (Lipinski definition) is 2. The van der Waals surface area contributed by atoms with Gasteiger partial charge in [0.1, 0.15) is 0 Å². The van der Waals surface area contributed by atoms with Crippen LogP contribution in [0.15, 0.2) is 12.2 Å². The molecule has 2 fully saturated rings. The fourth-order valence-corrected chi connectivity index (χ4v) is 3.82. The number of carbonyl (C=O) groups is 1. The highest BCUT2D eigenvalue weighted by molar-refractivity contribution is 5.77. The number of hydrogen-bond donors (Lipinski definition) is 1. The average Bonchev–Trinajstić information content (AvgIpc) is 2.79. The summed E-state index contributed by atoms with van der Waals surface area (Å²) in [5, 5.41) is 0. The van der Waals surface area contributed by atoms with E-state index in [0.717, 1.165) is 37.3 Å². The van der Waals surface area contributed by atoms with Crippen LogP contribution < -0.4 is 5.73 Å². The van der Waals surface area contributed by atoms with Crippen molar-refractivity contribution in [1.29, 1.82) is 0 Å². The lowest BCUT2D eigenvalue weighted by Crippen LogP contribution is -2.37. The molecular formula is C14H22N2O. The van der Waals surface area contributed by atoms with Crippen LogP contribution in [0, 0.1) is 23.7 Å². The Morgan fingerprint density at radius 2 is 2.18 bits per heavy atom. The molecule has 17 heavy (non-hydrogen) atoms. The third kappa shape index (κ3) is 2.25. The van der Waals surface area contributed by atoms with Gasteiger partial charge in [-0.25, -0.2) is 0 Å². The Morgan fingerprint density at radius 3 is 2.71 bits per heavy atom. The van der Waals surface area contributed by atoms with Crippen LogP contribution in [0.5, 0.6) is 0 Å². The summed E-state index contributed by atoms with van der Waals surface area (Å²) in [6.07, 6.45) is 9.94. The Hall–Kier alpha value is -0.830. The molecule has 1 unspecified atom stereocenters. The van der Waals surface area contributed by atoms with Crippen molar-refractivity contribution >= 4 is 5.91 Å². The molecule has 0 radical (unpaired) electrons. The molecule has 3 nitrogen and oxygen atoms in total. The number of nitrogens with zero attached hydrogens (tertiary/aromatic N) is 1. The van der Waals surface area contributed by atoms with Gasteiger partial charge in [-0.2, -0.15) is 0 Å². The molecule has 4 aliphatic rings. The van der Waals surface area contributed by atoms with E-state index >= 15 is 0 Å². The van der Waals surface area contributed by atoms with E-state index in [0.29, 0.717) is 0 Å². The van der Waals surface area contributed by atoms with Crippen LogP contribution in [0.4, 0.5) is 0 Å². The minimum atomic E-state index is -0.113. The number of allylic oxidation sites excluding steroid dienone is 2. The van der Waals surface area contributed by atoms with Gasteiger partial charge >= 0.3 is 0 Å². The van der Waals surface area contributed by atoms with E-state index in [9.17, 15) is 4.79 Å². The quantitative estimate of drug-likeness (QED) is 0.750. The summed E-state index contributed by atoms with van der Waals surface area (Å²) < 4.78 is 0. The summed E-state index contributed by atoms with van der Waals surface area (Å²) in [4.78, 5) is 13.6. The van der Waals surface area contributed by atoms with Gasteiger partial charge in [0.05, 0.1) is 5.92 Å². The van der Waals surface area contributed by atoms with Crippen LogP contribution in [0.25, 0.3) is 0 Å². The normalized spacial score (nSPS) is 40.9. The highest BCUT2D eigenvalue weighted by atomic mass is 16.1. The van der Waals surface area contributed by atoms with E-state index in [1.807, 2.05) is 0 Å². The second kappa shape index (κ2) is 4.45. The maximum absolute atomic E-state index is 11.2. The van der Waals surface area contributed by atoms with Gasteiger partial charge in [-0.05, 0) is 50.0 Å². The van der Waals surface area contributed by atoms with Crippen LogP contribution in [-0.4, -0.2) is 30.4 Å². The molecule has 1 aliphatic heterocycles. The summed E-state index contributed by atoms with van der Waals surface area (Å²) in [6, 6.07) is 0. The van der Waals surface area contributed by atoms with Crippen molar-refractivity contribution in [1.82, 2.24) is 4.90 Å². The van der Waals surface area contributed by atoms with Crippen LogP contribution in [-0.2, 0) is 4.79 Å². The molecule has 0 aromatic carbocycles. The summed E-state index contributed by atoms with van der Waals surface area (Å²) in [7, 11) is 0. The van der Waals surface area contributed by atoms with E-state index in [1.54, 1.807) is 0 Å². The number of rotatable bonds is 3. The zero-order valence-corrected chi connectivity index (χ0v) is 10.3. The van der Waals surface area contributed by atoms with Crippen LogP contribution in [0.2, 0.25) is 0 Å². The summed E-state index contributed by atoms with van der Waals surface area (Å²) >= 11 is 0. The molecule has 2 N–H and O–H groups in total. The highest BCUT2D eigenvalue weighted by Gasteiger charge is 2.35. The second-order valence-electron chi connectivity index (χ2n) is 6.03. The van der Waals surface area contributed by atoms with Crippen molar-refractivity contribution < 1.29 is 4.79 Å². The van der Waals surface area contributed by atoms with Gasteiger partial charge in [-0.1, -0.05) is 12.2 Å². The van der Waals surface area contributed by atoms with Crippen LogP contribution in [0.3, 0.4) is 0 Å². The SMILES string of the molecule is NC(=O)C1CCN(C[C@@H]2C[C@@H]3C=C[C@H]2CC3)C1. The number of primary amides is 1. The molecule has 4 rings (SSSR count). The van der Waals surface area contributed by atoms with Gasteiger partial charge in [-0.15, -0.1) is 0 Å². The first-order valence-electron chi connectivity index (χ1n) is 6.92. The van der Waals surface area contributed by atoms with E-state index in [2.05, 4.69) is 17.1 Å². The Labute approximate surface area is 103 Å². The maximum atomic E-state index is 11.2. The first kappa shape index (κ1) is 11.3. The highest BCUT2D eigenvalue weighted by Crippen LogP contribution is 2.41. The van der Waals surface area contributed by atoms with E-state index in [4.69, 9.17) is 5.73 Å². The second-order valence-corrected chi connectivity index (χ2v) is 6.03. The van der Waals surface area contributed by atoms with Crippen molar-refractivity contribution in [2.45, 2.75) is 25.7 Å². The Morgan fingerprint density at radius 1 is 1.29 bits per heavy atom. The number of carbonyl (C=O) groups excluding carboxylic acids is 1.